The SMILES string of the molecule is CCC=C(C(=O)OC)c1csc(C)n1. The zero-order chi connectivity index (χ0) is 10.6. The first kappa shape index (κ1) is 10.9. The molecule has 1 rings (SSSR count). The van der Waals surface area contributed by atoms with Gasteiger partial charge in [0, 0.05) is 5.38 Å². The van der Waals surface area contributed by atoms with Gasteiger partial charge in [-0.1, -0.05) is 13.0 Å². The molecule has 1 heterocycles. The van der Waals surface area contributed by atoms with Gasteiger partial charge in [-0.2, -0.15) is 0 Å². The first-order chi connectivity index (χ1) is 6.69. The number of thiazole rings is 1. The molecule has 0 N–H and O–H groups in total. The molecule has 0 atom stereocenters. The Kier molecular flexibility index (Phi) is 3.83. The van der Waals surface area contributed by atoms with Crippen LogP contribution >= 0.6 is 11.3 Å². The highest BCUT2D eigenvalue weighted by molar-refractivity contribution is 7.09. The van der Waals surface area contributed by atoms with E-state index in [1.54, 1.807) is 0 Å². The van der Waals surface area contributed by atoms with E-state index in [0.29, 0.717) is 11.3 Å². The topological polar surface area (TPSA) is 39.2 Å². The molecule has 0 amide bonds. The number of rotatable bonds is 3. The Morgan fingerprint density at radius 3 is 2.86 bits per heavy atom. The Morgan fingerprint density at radius 1 is 1.71 bits per heavy atom. The van der Waals surface area contributed by atoms with Crippen LogP contribution < -0.4 is 0 Å². The fourth-order valence-electron chi connectivity index (χ4n) is 1.09. The normalized spacial score (nSPS) is 11.5. The maximum absolute atomic E-state index is 11.4. The quantitative estimate of drug-likeness (QED) is 0.569. The van der Waals surface area contributed by atoms with Gasteiger partial charge in [0.05, 0.1) is 23.4 Å². The van der Waals surface area contributed by atoms with Crippen LogP contribution in [0.1, 0.15) is 24.0 Å². The summed E-state index contributed by atoms with van der Waals surface area (Å²) in [5.74, 6) is -0.322. The number of hydrogen-bond acceptors (Lipinski definition) is 4. The lowest BCUT2D eigenvalue weighted by Crippen LogP contribution is -2.04. The van der Waals surface area contributed by atoms with Crippen LogP contribution in [0, 0.1) is 6.92 Å². The highest BCUT2D eigenvalue weighted by atomic mass is 32.1. The highest BCUT2D eigenvalue weighted by Gasteiger charge is 2.13. The summed E-state index contributed by atoms with van der Waals surface area (Å²) in [6.07, 6.45) is 2.63. The lowest BCUT2D eigenvalue weighted by molar-refractivity contribution is -0.133. The van der Waals surface area contributed by atoms with E-state index in [9.17, 15) is 4.79 Å². The number of esters is 1. The van der Waals surface area contributed by atoms with Crippen molar-refractivity contribution in [1.29, 1.82) is 0 Å². The highest BCUT2D eigenvalue weighted by Crippen LogP contribution is 2.19. The Hall–Kier alpha value is -1.16. The maximum Gasteiger partial charge on any atom is 0.339 e. The second-order valence-corrected chi connectivity index (χ2v) is 3.83. The Bertz CT molecular complexity index is 355. The van der Waals surface area contributed by atoms with E-state index in [1.165, 1.54) is 18.4 Å². The van der Waals surface area contributed by atoms with Crippen molar-refractivity contribution in [2.75, 3.05) is 7.11 Å². The van der Waals surface area contributed by atoms with Crippen molar-refractivity contribution < 1.29 is 9.53 Å². The van der Waals surface area contributed by atoms with Crippen molar-refractivity contribution in [3.05, 3.63) is 22.2 Å². The van der Waals surface area contributed by atoms with Gasteiger partial charge >= 0.3 is 5.97 Å². The first-order valence-corrected chi connectivity index (χ1v) is 5.28. The minimum absolute atomic E-state index is 0.322. The Morgan fingerprint density at radius 2 is 2.43 bits per heavy atom. The molecule has 1 aromatic rings. The molecule has 14 heavy (non-hydrogen) atoms. The van der Waals surface area contributed by atoms with E-state index >= 15 is 0 Å². The molecule has 0 spiro atoms. The molecule has 0 saturated heterocycles. The Labute approximate surface area is 87.4 Å². The third kappa shape index (κ3) is 2.42. The summed E-state index contributed by atoms with van der Waals surface area (Å²) in [5, 5.41) is 2.82. The summed E-state index contributed by atoms with van der Waals surface area (Å²) in [5.41, 5.74) is 1.26. The van der Waals surface area contributed by atoms with Crippen molar-refractivity contribution >= 4 is 22.9 Å². The molecular weight excluding hydrogens is 198 g/mol. The average Bonchev–Trinajstić information content (AvgIpc) is 2.60. The number of ether oxygens (including phenoxy) is 1. The number of carbonyl (C=O) groups excluding carboxylic acids is 1. The molecule has 0 aliphatic carbocycles. The minimum atomic E-state index is -0.322. The van der Waals surface area contributed by atoms with Crippen molar-refractivity contribution in [1.82, 2.24) is 4.98 Å². The molecule has 0 aliphatic heterocycles. The monoisotopic (exact) mass is 211 g/mol. The molecule has 0 fully saturated rings. The van der Waals surface area contributed by atoms with Crippen LogP contribution in [0.2, 0.25) is 0 Å². The summed E-state index contributed by atoms with van der Waals surface area (Å²) >= 11 is 1.53. The van der Waals surface area contributed by atoms with Crippen molar-refractivity contribution in [3.63, 3.8) is 0 Å². The van der Waals surface area contributed by atoms with Gasteiger partial charge in [0.15, 0.2) is 0 Å². The van der Waals surface area contributed by atoms with Crippen molar-refractivity contribution in [2.45, 2.75) is 20.3 Å². The van der Waals surface area contributed by atoms with E-state index < -0.39 is 0 Å². The molecule has 0 aromatic carbocycles. The second-order valence-electron chi connectivity index (χ2n) is 2.77. The van der Waals surface area contributed by atoms with Gasteiger partial charge in [0.1, 0.15) is 0 Å². The van der Waals surface area contributed by atoms with E-state index in [0.717, 1.165) is 11.4 Å². The van der Waals surface area contributed by atoms with Gasteiger partial charge in [0.25, 0.3) is 0 Å². The number of aromatic nitrogens is 1. The third-order valence-electron chi connectivity index (χ3n) is 1.71. The van der Waals surface area contributed by atoms with Crippen LogP contribution in [0.4, 0.5) is 0 Å². The van der Waals surface area contributed by atoms with Crippen molar-refractivity contribution in [2.24, 2.45) is 0 Å². The second kappa shape index (κ2) is 4.91. The van der Waals surface area contributed by atoms with Crippen LogP contribution in [0.5, 0.6) is 0 Å². The number of hydrogen-bond donors (Lipinski definition) is 0. The van der Waals surface area contributed by atoms with E-state index in [2.05, 4.69) is 9.72 Å². The lowest BCUT2D eigenvalue weighted by Gasteiger charge is -2.00. The van der Waals surface area contributed by atoms with Gasteiger partial charge in [-0.15, -0.1) is 11.3 Å². The predicted molar refractivity (Wildman–Crippen MR) is 57.1 cm³/mol. The molecule has 3 nitrogen and oxygen atoms in total. The molecule has 0 saturated carbocycles. The number of carbonyl (C=O) groups is 1. The largest absolute Gasteiger partial charge is 0.465 e. The third-order valence-corrected chi connectivity index (χ3v) is 2.48. The van der Waals surface area contributed by atoms with Gasteiger partial charge in [-0.25, -0.2) is 9.78 Å². The van der Waals surface area contributed by atoms with Crippen LogP contribution in [0.25, 0.3) is 5.57 Å². The summed E-state index contributed by atoms with van der Waals surface area (Å²) < 4.78 is 4.69. The summed E-state index contributed by atoms with van der Waals surface area (Å²) in [6, 6.07) is 0. The molecule has 0 unspecified atom stereocenters. The van der Waals surface area contributed by atoms with Gasteiger partial charge < -0.3 is 4.74 Å². The van der Waals surface area contributed by atoms with Crippen LogP contribution in [-0.2, 0) is 9.53 Å². The number of allylic oxidation sites excluding steroid dienone is 1. The minimum Gasteiger partial charge on any atom is -0.465 e. The standard InChI is InChI=1S/C10H13NO2S/c1-4-5-8(10(12)13-3)9-6-14-7(2)11-9/h5-6H,4H2,1-3H3. The zero-order valence-corrected chi connectivity index (χ0v) is 9.35. The van der Waals surface area contributed by atoms with Gasteiger partial charge in [-0.3, -0.25) is 0 Å². The average molecular weight is 211 g/mol. The van der Waals surface area contributed by atoms with Crippen molar-refractivity contribution in [3.8, 4) is 0 Å². The number of methoxy groups -OCH3 is 1. The molecule has 76 valence electrons. The molecule has 4 heteroatoms. The maximum atomic E-state index is 11.4. The predicted octanol–water partition coefficient (Wildman–Crippen LogP) is 2.42. The molecule has 0 aliphatic rings. The summed E-state index contributed by atoms with van der Waals surface area (Å²) in [4.78, 5) is 15.6. The smallest absolute Gasteiger partial charge is 0.339 e. The lowest BCUT2D eigenvalue weighted by atomic mass is 10.2. The fourth-order valence-corrected chi connectivity index (χ4v) is 1.71. The van der Waals surface area contributed by atoms with E-state index in [4.69, 9.17) is 0 Å². The number of nitrogens with zero attached hydrogens (tertiary/aromatic N) is 1. The van der Waals surface area contributed by atoms with Crippen LogP contribution in [-0.4, -0.2) is 18.1 Å². The molecule has 1 aromatic heterocycles. The molecule has 0 bridgehead atoms. The van der Waals surface area contributed by atoms with Gasteiger partial charge in [-0.05, 0) is 13.3 Å². The van der Waals surface area contributed by atoms with E-state index in [1.807, 2.05) is 25.3 Å². The van der Waals surface area contributed by atoms with Crippen LogP contribution in [0.15, 0.2) is 11.5 Å². The molecular formula is C10H13NO2S. The summed E-state index contributed by atoms with van der Waals surface area (Å²) in [7, 11) is 1.38. The van der Waals surface area contributed by atoms with E-state index in [-0.39, 0.29) is 5.97 Å². The number of aryl methyl sites for hydroxylation is 1. The van der Waals surface area contributed by atoms with Crippen LogP contribution in [0.3, 0.4) is 0 Å². The fraction of sp³-hybridized carbons (Fsp3) is 0.400. The summed E-state index contributed by atoms with van der Waals surface area (Å²) in [6.45, 7) is 3.89. The first-order valence-electron chi connectivity index (χ1n) is 4.40. The van der Waals surface area contributed by atoms with Gasteiger partial charge in [0.2, 0.25) is 0 Å². The molecule has 0 radical (unpaired) electrons. The Balaban J connectivity index is 3.00. The zero-order valence-electron chi connectivity index (χ0n) is 8.53.